The standard InChI is InChI=1S/C18H25N5O3Si/c1-27(2,3)9-8-26-13-22-6-4-15-17(19-12-20-18(15)22)14-10-21-23(11-14)7-5-16(24)25/h4,6,10-12H,5,7-9,13H2,1-3H3,(H,24,25). The summed E-state index contributed by atoms with van der Waals surface area (Å²) in [6.07, 6.45) is 7.03. The highest BCUT2D eigenvalue weighted by atomic mass is 28.3. The summed E-state index contributed by atoms with van der Waals surface area (Å²) in [7, 11) is -1.10. The van der Waals surface area contributed by atoms with Crippen molar-refractivity contribution in [2.75, 3.05) is 6.61 Å². The number of hydrogen-bond donors (Lipinski definition) is 1. The molecule has 0 fully saturated rings. The SMILES string of the molecule is C[Si](C)(C)CCOCn1ccc2c(-c3cnn(CCC(=O)O)c3)ncnc21. The lowest BCUT2D eigenvalue weighted by Crippen LogP contribution is -2.22. The van der Waals surface area contributed by atoms with Crippen molar-refractivity contribution < 1.29 is 14.6 Å². The number of hydrogen-bond acceptors (Lipinski definition) is 5. The third-order valence-corrected chi connectivity index (χ3v) is 5.95. The van der Waals surface area contributed by atoms with E-state index in [-0.39, 0.29) is 6.42 Å². The number of aliphatic carboxylic acids is 1. The van der Waals surface area contributed by atoms with Crippen LogP contribution in [-0.2, 0) is 22.8 Å². The lowest BCUT2D eigenvalue weighted by molar-refractivity contribution is -0.137. The summed E-state index contributed by atoms with van der Waals surface area (Å²) in [5, 5.41) is 13.9. The molecule has 0 saturated heterocycles. The Labute approximate surface area is 158 Å². The van der Waals surface area contributed by atoms with Crippen LogP contribution in [0.25, 0.3) is 22.3 Å². The molecule has 144 valence electrons. The number of nitrogens with zero attached hydrogens (tertiary/aromatic N) is 5. The van der Waals surface area contributed by atoms with Crippen LogP contribution in [0.15, 0.2) is 31.0 Å². The van der Waals surface area contributed by atoms with Gasteiger partial charge in [0.25, 0.3) is 0 Å². The molecule has 0 amide bonds. The first kappa shape index (κ1) is 19.2. The topological polar surface area (TPSA) is 95.1 Å². The summed E-state index contributed by atoms with van der Waals surface area (Å²) >= 11 is 0. The first-order chi connectivity index (χ1) is 12.8. The normalized spacial score (nSPS) is 12.0. The van der Waals surface area contributed by atoms with Crippen molar-refractivity contribution in [2.45, 2.75) is 45.4 Å². The Bertz CT molecular complexity index is 929. The smallest absolute Gasteiger partial charge is 0.305 e. The molecule has 0 bridgehead atoms. The molecule has 3 heterocycles. The van der Waals surface area contributed by atoms with E-state index >= 15 is 0 Å². The molecule has 0 aromatic carbocycles. The van der Waals surface area contributed by atoms with Gasteiger partial charge in [0.1, 0.15) is 18.7 Å². The Hall–Kier alpha value is -2.52. The maximum Gasteiger partial charge on any atom is 0.305 e. The van der Waals surface area contributed by atoms with Crippen molar-refractivity contribution in [1.29, 1.82) is 0 Å². The fraction of sp³-hybridized carbons (Fsp3) is 0.444. The molecular weight excluding hydrogens is 362 g/mol. The van der Waals surface area contributed by atoms with Gasteiger partial charge in [0.2, 0.25) is 0 Å². The van der Waals surface area contributed by atoms with E-state index in [0.717, 1.165) is 34.9 Å². The molecule has 0 aliphatic carbocycles. The number of carbonyl (C=O) groups is 1. The van der Waals surface area contributed by atoms with Gasteiger partial charge in [0.15, 0.2) is 0 Å². The molecular formula is C18H25N5O3Si. The fourth-order valence-corrected chi connectivity index (χ4v) is 3.45. The number of aromatic nitrogens is 5. The molecule has 3 aromatic heterocycles. The van der Waals surface area contributed by atoms with Gasteiger partial charge in [-0.25, -0.2) is 9.97 Å². The van der Waals surface area contributed by atoms with Crippen LogP contribution >= 0.6 is 0 Å². The van der Waals surface area contributed by atoms with E-state index in [1.54, 1.807) is 10.9 Å². The van der Waals surface area contributed by atoms with Crippen molar-refractivity contribution in [3.63, 3.8) is 0 Å². The lowest BCUT2D eigenvalue weighted by Gasteiger charge is -2.15. The number of carboxylic acids is 1. The second-order valence-electron chi connectivity index (χ2n) is 7.73. The minimum absolute atomic E-state index is 0.0332. The minimum Gasteiger partial charge on any atom is -0.481 e. The van der Waals surface area contributed by atoms with Crippen LogP contribution in [0.5, 0.6) is 0 Å². The van der Waals surface area contributed by atoms with Gasteiger partial charge in [0, 0.05) is 38.0 Å². The Kier molecular flexibility index (Phi) is 5.71. The number of ether oxygens (including phenoxy) is 1. The van der Waals surface area contributed by atoms with E-state index in [4.69, 9.17) is 9.84 Å². The van der Waals surface area contributed by atoms with Crippen LogP contribution < -0.4 is 0 Å². The van der Waals surface area contributed by atoms with Gasteiger partial charge >= 0.3 is 5.97 Å². The van der Waals surface area contributed by atoms with Gasteiger partial charge in [-0.15, -0.1) is 0 Å². The van der Waals surface area contributed by atoms with Gasteiger partial charge in [-0.2, -0.15) is 5.10 Å². The molecule has 1 N–H and O–H groups in total. The summed E-state index contributed by atoms with van der Waals surface area (Å²) in [4.78, 5) is 19.5. The van der Waals surface area contributed by atoms with Crippen LogP contribution in [0.3, 0.4) is 0 Å². The highest BCUT2D eigenvalue weighted by molar-refractivity contribution is 6.76. The molecule has 0 aliphatic rings. The minimum atomic E-state index is -1.10. The molecule has 0 saturated carbocycles. The molecule has 3 aromatic rings. The van der Waals surface area contributed by atoms with Crippen LogP contribution in [0.1, 0.15) is 6.42 Å². The summed E-state index contributed by atoms with van der Waals surface area (Å²) in [6.45, 7) is 8.54. The Morgan fingerprint density at radius 2 is 2.11 bits per heavy atom. The molecule has 9 heteroatoms. The Balaban J connectivity index is 1.74. The van der Waals surface area contributed by atoms with Gasteiger partial charge in [-0.1, -0.05) is 19.6 Å². The van der Waals surface area contributed by atoms with E-state index < -0.39 is 14.0 Å². The van der Waals surface area contributed by atoms with Crippen LogP contribution in [0.4, 0.5) is 0 Å². The predicted octanol–water partition coefficient (Wildman–Crippen LogP) is 3.08. The molecule has 0 aliphatic heterocycles. The third kappa shape index (κ3) is 5.01. The van der Waals surface area contributed by atoms with Gasteiger partial charge in [0.05, 0.1) is 24.9 Å². The predicted molar refractivity (Wildman–Crippen MR) is 105 cm³/mol. The molecule has 0 unspecified atom stereocenters. The Morgan fingerprint density at radius 3 is 2.85 bits per heavy atom. The van der Waals surface area contributed by atoms with Gasteiger partial charge < -0.3 is 14.4 Å². The number of fused-ring (bicyclic) bond motifs is 1. The molecule has 3 rings (SSSR count). The maximum absolute atomic E-state index is 10.7. The van der Waals surface area contributed by atoms with E-state index in [2.05, 4.69) is 34.7 Å². The van der Waals surface area contributed by atoms with Gasteiger partial charge in [-0.05, 0) is 12.1 Å². The second kappa shape index (κ2) is 8.01. The van der Waals surface area contributed by atoms with E-state index in [1.165, 1.54) is 6.33 Å². The third-order valence-electron chi connectivity index (χ3n) is 4.24. The van der Waals surface area contributed by atoms with Crippen LogP contribution in [0, 0.1) is 0 Å². The average Bonchev–Trinajstić information content (AvgIpc) is 3.23. The van der Waals surface area contributed by atoms with Crippen molar-refractivity contribution in [3.8, 4) is 11.3 Å². The largest absolute Gasteiger partial charge is 0.481 e. The average molecular weight is 388 g/mol. The van der Waals surface area contributed by atoms with E-state index in [0.29, 0.717) is 13.3 Å². The van der Waals surface area contributed by atoms with Gasteiger partial charge in [-0.3, -0.25) is 9.48 Å². The summed E-state index contributed by atoms with van der Waals surface area (Å²) < 4.78 is 9.42. The molecule has 8 nitrogen and oxygen atoms in total. The zero-order valence-electron chi connectivity index (χ0n) is 15.9. The highest BCUT2D eigenvalue weighted by Crippen LogP contribution is 2.25. The summed E-state index contributed by atoms with van der Waals surface area (Å²) in [5.41, 5.74) is 2.43. The highest BCUT2D eigenvalue weighted by Gasteiger charge is 2.14. The summed E-state index contributed by atoms with van der Waals surface area (Å²) in [5.74, 6) is -0.845. The zero-order chi connectivity index (χ0) is 19.4. The number of aryl methyl sites for hydroxylation is 1. The maximum atomic E-state index is 10.7. The van der Waals surface area contributed by atoms with Crippen LogP contribution in [0.2, 0.25) is 25.7 Å². The van der Waals surface area contributed by atoms with Crippen molar-refractivity contribution in [3.05, 3.63) is 31.0 Å². The number of rotatable bonds is 9. The van der Waals surface area contributed by atoms with E-state index in [9.17, 15) is 4.79 Å². The lowest BCUT2D eigenvalue weighted by atomic mass is 10.2. The quantitative estimate of drug-likeness (QED) is 0.448. The van der Waals surface area contributed by atoms with E-state index in [1.807, 2.05) is 23.0 Å². The molecule has 27 heavy (non-hydrogen) atoms. The first-order valence-electron chi connectivity index (χ1n) is 8.96. The second-order valence-corrected chi connectivity index (χ2v) is 13.4. The monoisotopic (exact) mass is 387 g/mol. The fourth-order valence-electron chi connectivity index (χ4n) is 2.70. The molecule has 0 spiro atoms. The van der Waals surface area contributed by atoms with Crippen molar-refractivity contribution in [2.24, 2.45) is 0 Å². The summed E-state index contributed by atoms with van der Waals surface area (Å²) in [6, 6.07) is 3.10. The number of carboxylic acid groups (broad SMARTS) is 1. The first-order valence-corrected chi connectivity index (χ1v) is 12.7. The Morgan fingerprint density at radius 1 is 1.30 bits per heavy atom. The van der Waals surface area contributed by atoms with Crippen LogP contribution in [-0.4, -0.2) is 50.1 Å². The molecule has 0 atom stereocenters. The van der Waals surface area contributed by atoms with Crippen molar-refractivity contribution in [1.82, 2.24) is 24.3 Å². The molecule has 0 radical (unpaired) electrons. The zero-order valence-corrected chi connectivity index (χ0v) is 16.9. The van der Waals surface area contributed by atoms with Crippen molar-refractivity contribution >= 4 is 25.1 Å².